The summed E-state index contributed by atoms with van der Waals surface area (Å²) in [7, 11) is -6.61. The van der Waals surface area contributed by atoms with Crippen LogP contribution in [0.25, 0.3) is 0 Å². The molecule has 1 rings (SSSR count). The minimum Gasteiger partial charge on any atom is -0.396 e. The maximum Gasteiger partial charge on any atom is 0.172 e. The molecule has 0 bridgehead atoms. The molecule has 1 aromatic rings. The van der Waals surface area contributed by atoms with Crippen LogP contribution in [0.3, 0.4) is 0 Å². The maximum absolute atomic E-state index is 11.4. The molecule has 0 aromatic carbocycles. The Morgan fingerprint density at radius 3 is 2.08 bits per heavy atom. The lowest BCUT2D eigenvalue weighted by Crippen LogP contribution is -2.17. The van der Waals surface area contributed by atoms with E-state index in [0.29, 0.717) is 17.3 Å². The van der Waals surface area contributed by atoms with Crippen LogP contribution < -0.4 is 16.4 Å². The zero-order valence-electron chi connectivity index (χ0n) is 13.4. The average molecular weight is 374 g/mol. The summed E-state index contributed by atoms with van der Waals surface area (Å²) >= 11 is 0. The van der Waals surface area contributed by atoms with Crippen molar-refractivity contribution < 1.29 is 16.8 Å². The molecular weight excluding hydrogens is 352 g/mol. The van der Waals surface area contributed by atoms with Crippen LogP contribution in [0, 0.1) is 6.92 Å². The molecule has 1 heterocycles. The molecular formula is C14H22N4O4S2. The first-order valence-corrected chi connectivity index (χ1v) is 10.5. The van der Waals surface area contributed by atoms with Crippen molar-refractivity contribution in [2.45, 2.75) is 6.92 Å². The van der Waals surface area contributed by atoms with E-state index in [1.165, 1.54) is 0 Å². The summed E-state index contributed by atoms with van der Waals surface area (Å²) in [6.07, 6.45) is 0. The fourth-order valence-electron chi connectivity index (χ4n) is 1.71. The van der Waals surface area contributed by atoms with Gasteiger partial charge in [-0.05, 0) is 18.6 Å². The van der Waals surface area contributed by atoms with Gasteiger partial charge in [0, 0.05) is 23.9 Å². The highest BCUT2D eigenvalue weighted by Gasteiger charge is 2.10. The zero-order valence-corrected chi connectivity index (χ0v) is 15.1. The van der Waals surface area contributed by atoms with Gasteiger partial charge in [-0.3, -0.25) is 0 Å². The molecule has 0 saturated heterocycles. The Labute approximate surface area is 142 Å². The Bertz CT molecular complexity index is 817. The number of rotatable bonds is 10. The third kappa shape index (κ3) is 6.20. The van der Waals surface area contributed by atoms with Crippen LogP contribution in [-0.2, 0) is 19.7 Å². The lowest BCUT2D eigenvalue weighted by atomic mass is 10.2. The summed E-state index contributed by atoms with van der Waals surface area (Å²) in [5.41, 5.74) is 7.05. The number of pyridine rings is 1. The van der Waals surface area contributed by atoms with Gasteiger partial charge in [0.2, 0.25) is 0 Å². The van der Waals surface area contributed by atoms with E-state index in [1.807, 2.05) is 0 Å². The van der Waals surface area contributed by atoms with Crippen LogP contribution in [0.4, 0.5) is 17.3 Å². The number of nitrogens with two attached hydrogens (primary N) is 1. The number of aromatic nitrogens is 1. The molecule has 8 nitrogen and oxygen atoms in total. The molecule has 0 fully saturated rings. The van der Waals surface area contributed by atoms with Crippen LogP contribution in [0.5, 0.6) is 0 Å². The fourth-order valence-corrected chi connectivity index (χ4v) is 2.81. The number of aryl methyl sites for hydroxylation is 1. The molecule has 24 heavy (non-hydrogen) atoms. The number of sulfone groups is 2. The number of nitrogens with one attached hydrogen (secondary N) is 2. The second-order valence-electron chi connectivity index (χ2n) is 5.01. The van der Waals surface area contributed by atoms with Crippen molar-refractivity contribution in [3.8, 4) is 0 Å². The molecule has 0 aliphatic carbocycles. The molecule has 1 aromatic heterocycles. The Morgan fingerprint density at radius 2 is 1.58 bits per heavy atom. The smallest absolute Gasteiger partial charge is 0.172 e. The van der Waals surface area contributed by atoms with Crippen molar-refractivity contribution in [1.82, 2.24) is 4.98 Å². The first-order valence-electron chi connectivity index (χ1n) is 7.05. The highest BCUT2D eigenvalue weighted by atomic mass is 32.2. The van der Waals surface area contributed by atoms with Gasteiger partial charge in [-0.1, -0.05) is 13.2 Å². The predicted octanol–water partition coefficient (Wildman–Crippen LogP) is 0.913. The molecule has 0 saturated carbocycles. The van der Waals surface area contributed by atoms with E-state index >= 15 is 0 Å². The molecule has 0 radical (unpaired) electrons. The Balaban J connectivity index is 2.78. The molecule has 10 heteroatoms. The third-order valence-corrected chi connectivity index (χ3v) is 5.71. The maximum atomic E-state index is 11.4. The quantitative estimate of drug-likeness (QED) is 0.551. The summed E-state index contributed by atoms with van der Waals surface area (Å²) in [5, 5.41) is 7.56. The van der Waals surface area contributed by atoms with E-state index in [0.717, 1.165) is 16.4 Å². The number of nitrogens with zero attached hydrogens (tertiary/aromatic N) is 1. The summed E-state index contributed by atoms with van der Waals surface area (Å²) in [5.74, 6) is 0.534. The minimum atomic E-state index is -3.32. The normalized spacial score (nSPS) is 11.7. The summed E-state index contributed by atoms with van der Waals surface area (Å²) in [6, 6.07) is 1.68. The Morgan fingerprint density at radius 1 is 1.08 bits per heavy atom. The first-order chi connectivity index (χ1) is 11.1. The van der Waals surface area contributed by atoms with E-state index in [1.54, 1.807) is 13.0 Å². The van der Waals surface area contributed by atoms with Crippen molar-refractivity contribution in [1.29, 1.82) is 0 Å². The van der Waals surface area contributed by atoms with Crippen LogP contribution in [-0.4, -0.2) is 46.4 Å². The van der Waals surface area contributed by atoms with Crippen LogP contribution in [0.15, 0.2) is 30.0 Å². The summed E-state index contributed by atoms with van der Waals surface area (Å²) < 4.78 is 45.5. The molecule has 4 N–H and O–H groups in total. The number of hydrogen-bond acceptors (Lipinski definition) is 8. The summed E-state index contributed by atoms with van der Waals surface area (Å²) in [6.45, 7) is 8.54. The molecule has 0 atom stereocenters. The van der Waals surface area contributed by atoms with Gasteiger partial charge in [0.25, 0.3) is 0 Å². The molecule has 0 amide bonds. The number of anilines is 3. The minimum absolute atomic E-state index is 0.109. The first kappa shape index (κ1) is 20.0. The topological polar surface area (TPSA) is 131 Å². The average Bonchev–Trinajstić information content (AvgIpc) is 2.51. The highest BCUT2D eigenvalue weighted by Crippen LogP contribution is 2.23. The van der Waals surface area contributed by atoms with Crippen molar-refractivity contribution in [3.05, 3.63) is 35.6 Å². The molecule has 134 valence electrons. The molecule has 0 aliphatic heterocycles. The standard InChI is InChI=1S/C14H22N4O4S2/c1-4-23(19,20)8-6-16-12-10-11(3)13(15)14(18-12)17-7-9-24(21,22)5-2/h4-5,10H,1-2,6-9,15H2,3H3,(H2,16,17,18). The van der Waals surface area contributed by atoms with Gasteiger partial charge in [0.05, 0.1) is 17.2 Å². The van der Waals surface area contributed by atoms with Crippen LogP contribution >= 0.6 is 0 Å². The van der Waals surface area contributed by atoms with Crippen molar-refractivity contribution >= 4 is 37.0 Å². The van der Waals surface area contributed by atoms with E-state index in [4.69, 9.17) is 5.73 Å². The monoisotopic (exact) mass is 374 g/mol. The fraction of sp³-hybridized carbons (Fsp3) is 0.357. The second-order valence-corrected chi connectivity index (χ2v) is 9.14. The highest BCUT2D eigenvalue weighted by molar-refractivity contribution is 7.94. The molecule has 0 unspecified atom stereocenters. The van der Waals surface area contributed by atoms with Gasteiger partial charge in [-0.2, -0.15) is 0 Å². The largest absolute Gasteiger partial charge is 0.396 e. The second kappa shape index (κ2) is 8.15. The Kier molecular flexibility index (Phi) is 6.79. The van der Waals surface area contributed by atoms with Gasteiger partial charge in [0.1, 0.15) is 5.82 Å². The van der Waals surface area contributed by atoms with Gasteiger partial charge in [-0.15, -0.1) is 0 Å². The van der Waals surface area contributed by atoms with E-state index in [2.05, 4.69) is 28.8 Å². The van der Waals surface area contributed by atoms with Crippen LogP contribution in [0.1, 0.15) is 5.56 Å². The summed E-state index contributed by atoms with van der Waals surface area (Å²) in [4.78, 5) is 4.24. The lowest BCUT2D eigenvalue weighted by molar-refractivity contribution is 0.603. The zero-order chi connectivity index (χ0) is 18.4. The molecule has 0 aliphatic rings. The van der Waals surface area contributed by atoms with E-state index in [9.17, 15) is 16.8 Å². The predicted molar refractivity (Wildman–Crippen MR) is 98.3 cm³/mol. The van der Waals surface area contributed by atoms with E-state index < -0.39 is 19.7 Å². The van der Waals surface area contributed by atoms with Gasteiger partial charge < -0.3 is 16.4 Å². The number of hydrogen-bond donors (Lipinski definition) is 3. The molecule has 0 spiro atoms. The van der Waals surface area contributed by atoms with Crippen molar-refractivity contribution in [3.63, 3.8) is 0 Å². The van der Waals surface area contributed by atoms with E-state index in [-0.39, 0.29) is 24.6 Å². The third-order valence-electron chi connectivity index (χ3n) is 3.15. The Hall–Kier alpha value is -2.07. The number of nitrogen functional groups attached to an aromatic ring is 1. The lowest BCUT2D eigenvalue weighted by Gasteiger charge is -2.13. The van der Waals surface area contributed by atoms with Gasteiger partial charge in [-0.25, -0.2) is 21.8 Å². The van der Waals surface area contributed by atoms with Gasteiger partial charge >= 0.3 is 0 Å². The van der Waals surface area contributed by atoms with Crippen molar-refractivity contribution in [2.75, 3.05) is 41.0 Å². The SMILES string of the molecule is C=CS(=O)(=O)CCNc1cc(C)c(N)c(NCCS(=O)(=O)C=C)n1. The van der Waals surface area contributed by atoms with Gasteiger partial charge in [0.15, 0.2) is 25.5 Å². The van der Waals surface area contributed by atoms with Crippen molar-refractivity contribution in [2.24, 2.45) is 0 Å². The van der Waals surface area contributed by atoms with Crippen LogP contribution in [0.2, 0.25) is 0 Å².